The topological polar surface area (TPSA) is 29.9 Å². The Morgan fingerprint density at radius 2 is 1.75 bits per heavy atom. The van der Waals surface area contributed by atoms with E-state index in [1.165, 1.54) is 6.20 Å². The lowest BCUT2D eigenvalue weighted by Crippen LogP contribution is -2.18. The Hall–Kier alpha value is -1.82. The molecule has 0 aliphatic carbocycles. The lowest BCUT2D eigenvalue weighted by atomic mass is 10.1. The molecule has 0 aliphatic rings. The van der Waals surface area contributed by atoms with Crippen LogP contribution in [0.25, 0.3) is 5.69 Å². The van der Waals surface area contributed by atoms with Crippen molar-refractivity contribution >= 4 is 0 Å². The molecule has 3 nitrogen and oxygen atoms in total. The van der Waals surface area contributed by atoms with Gasteiger partial charge in [0.1, 0.15) is 0 Å². The molecule has 2 rings (SSSR count). The zero-order chi connectivity index (χ0) is 14.9. The fraction of sp³-hybridized carbons (Fsp3) is 0.357. The Kier molecular flexibility index (Phi) is 3.85. The smallest absolute Gasteiger partial charge is 0.316 e. The maximum Gasteiger partial charge on any atom is 0.433 e. The molecule has 1 heterocycles. The molecule has 1 aromatic heterocycles. The van der Waals surface area contributed by atoms with E-state index in [1.54, 1.807) is 19.2 Å². The van der Waals surface area contributed by atoms with E-state index in [0.717, 1.165) is 15.8 Å². The molecule has 0 aliphatic heterocycles. The van der Waals surface area contributed by atoms with Gasteiger partial charge in [0.25, 0.3) is 0 Å². The van der Waals surface area contributed by atoms with Gasteiger partial charge >= 0.3 is 6.18 Å². The predicted octanol–water partition coefficient (Wildman–Crippen LogP) is 3.23. The van der Waals surface area contributed by atoms with E-state index in [2.05, 4.69) is 10.4 Å². The highest BCUT2D eigenvalue weighted by atomic mass is 19.4. The van der Waals surface area contributed by atoms with Crippen molar-refractivity contribution in [3.05, 3.63) is 46.8 Å². The summed E-state index contributed by atoms with van der Waals surface area (Å²) in [6.45, 7) is 3.82. The first-order valence-corrected chi connectivity index (χ1v) is 6.20. The summed E-state index contributed by atoms with van der Waals surface area (Å²) in [7, 11) is 1.61. The van der Waals surface area contributed by atoms with Crippen LogP contribution < -0.4 is 5.32 Å². The summed E-state index contributed by atoms with van der Waals surface area (Å²) in [5.41, 5.74) is 1.64. The minimum Gasteiger partial charge on any atom is -0.316 e. The van der Waals surface area contributed by atoms with Crippen molar-refractivity contribution < 1.29 is 13.2 Å². The number of halogens is 3. The molecule has 0 unspecified atom stereocenters. The van der Waals surface area contributed by atoms with Crippen LogP contribution in [0, 0.1) is 13.8 Å². The molecule has 0 saturated heterocycles. The Balaban J connectivity index is 2.62. The first-order chi connectivity index (χ1) is 9.32. The molecule has 0 fully saturated rings. The molecule has 0 spiro atoms. The Morgan fingerprint density at radius 3 is 2.25 bits per heavy atom. The zero-order valence-electron chi connectivity index (χ0n) is 11.5. The van der Waals surface area contributed by atoms with Gasteiger partial charge in [-0.1, -0.05) is 6.07 Å². The van der Waals surface area contributed by atoms with Gasteiger partial charge in [-0.25, -0.2) is 4.68 Å². The Labute approximate surface area is 115 Å². The standard InChI is InChI=1S/C14H16F3N3/c1-9-4-10(2)6-12(5-9)20-13(14(15,16)17)11(7-18-3)8-19-20/h4-6,8,18H,7H2,1-3H3. The highest BCUT2D eigenvalue weighted by Crippen LogP contribution is 2.33. The lowest BCUT2D eigenvalue weighted by Gasteiger charge is -2.13. The fourth-order valence-corrected chi connectivity index (χ4v) is 2.27. The summed E-state index contributed by atoms with van der Waals surface area (Å²) in [4.78, 5) is 0. The number of rotatable bonds is 3. The highest BCUT2D eigenvalue weighted by molar-refractivity contribution is 5.41. The Morgan fingerprint density at radius 1 is 1.15 bits per heavy atom. The average molecular weight is 283 g/mol. The van der Waals surface area contributed by atoms with E-state index < -0.39 is 11.9 Å². The van der Waals surface area contributed by atoms with Crippen LogP contribution in [0.5, 0.6) is 0 Å². The molecule has 0 saturated carbocycles. The number of hydrogen-bond acceptors (Lipinski definition) is 2. The summed E-state index contributed by atoms with van der Waals surface area (Å²) in [6.07, 6.45) is -3.18. The third-order valence-electron chi connectivity index (χ3n) is 2.93. The van der Waals surface area contributed by atoms with Gasteiger partial charge in [0.2, 0.25) is 0 Å². The summed E-state index contributed by atoms with van der Waals surface area (Å²) in [5.74, 6) is 0. The molecule has 2 aromatic rings. The number of nitrogens with zero attached hydrogens (tertiary/aromatic N) is 2. The van der Waals surface area contributed by atoms with Crippen LogP contribution in [0.15, 0.2) is 24.4 Å². The van der Waals surface area contributed by atoms with E-state index >= 15 is 0 Å². The maximum absolute atomic E-state index is 13.3. The van der Waals surface area contributed by atoms with E-state index in [0.29, 0.717) is 5.69 Å². The number of nitrogens with one attached hydrogen (secondary N) is 1. The summed E-state index contributed by atoms with van der Waals surface area (Å²) in [5, 5.41) is 6.64. The molecule has 20 heavy (non-hydrogen) atoms. The summed E-state index contributed by atoms with van der Waals surface area (Å²) >= 11 is 0. The zero-order valence-corrected chi connectivity index (χ0v) is 11.5. The van der Waals surface area contributed by atoms with Crippen LogP contribution in [0.4, 0.5) is 13.2 Å². The molecule has 108 valence electrons. The molecular formula is C14H16F3N3. The predicted molar refractivity (Wildman–Crippen MR) is 70.8 cm³/mol. The lowest BCUT2D eigenvalue weighted by molar-refractivity contribution is -0.143. The van der Waals surface area contributed by atoms with Gasteiger partial charge in [-0.05, 0) is 44.2 Å². The van der Waals surface area contributed by atoms with Crippen LogP contribution in [0.3, 0.4) is 0 Å². The average Bonchev–Trinajstić information content (AvgIpc) is 2.71. The van der Waals surface area contributed by atoms with Crippen LogP contribution in [0.2, 0.25) is 0 Å². The third-order valence-corrected chi connectivity index (χ3v) is 2.93. The van der Waals surface area contributed by atoms with Crippen molar-refractivity contribution in [3.8, 4) is 5.69 Å². The maximum atomic E-state index is 13.3. The van der Waals surface area contributed by atoms with E-state index in [4.69, 9.17) is 0 Å². The number of benzene rings is 1. The number of aromatic nitrogens is 2. The third kappa shape index (κ3) is 2.85. The summed E-state index contributed by atoms with van der Waals surface area (Å²) < 4.78 is 40.8. The second-order valence-electron chi connectivity index (χ2n) is 4.80. The van der Waals surface area contributed by atoms with E-state index in [9.17, 15) is 13.2 Å². The van der Waals surface area contributed by atoms with E-state index in [-0.39, 0.29) is 12.1 Å². The molecule has 0 atom stereocenters. The van der Waals surface area contributed by atoms with Gasteiger partial charge in [0, 0.05) is 12.1 Å². The van der Waals surface area contributed by atoms with Gasteiger partial charge in [0.05, 0.1) is 11.9 Å². The second-order valence-corrected chi connectivity index (χ2v) is 4.80. The Bertz CT molecular complexity index is 594. The molecule has 1 N–H and O–H groups in total. The van der Waals surface area contributed by atoms with Gasteiger partial charge in [0.15, 0.2) is 5.69 Å². The SMILES string of the molecule is CNCc1cnn(-c2cc(C)cc(C)c2)c1C(F)(F)F. The minimum absolute atomic E-state index is 0.125. The first kappa shape index (κ1) is 14.6. The van der Waals surface area contributed by atoms with Crippen molar-refractivity contribution in [2.24, 2.45) is 0 Å². The van der Waals surface area contributed by atoms with Crippen LogP contribution >= 0.6 is 0 Å². The highest BCUT2D eigenvalue weighted by Gasteiger charge is 2.38. The number of alkyl halides is 3. The summed E-state index contributed by atoms with van der Waals surface area (Å²) in [6, 6.07) is 5.30. The van der Waals surface area contributed by atoms with Crippen LogP contribution in [-0.2, 0) is 12.7 Å². The minimum atomic E-state index is -4.44. The quantitative estimate of drug-likeness (QED) is 0.937. The fourth-order valence-electron chi connectivity index (χ4n) is 2.27. The number of hydrogen-bond donors (Lipinski definition) is 1. The van der Waals surface area contributed by atoms with Crippen molar-refractivity contribution in [2.45, 2.75) is 26.6 Å². The molecule has 1 aromatic carbocycles. The van der Waals surface area contributed by atoms with E-state index in [1.807, 2.05) is 19.9 Å². The molecule has 0 radical (unpaired) electrons. The van der Waals surface area contributed by atoms with Gasteiger partial charge in [-0.2, -0.15) is 18.3 Å². The van der Waals surface area contributed by atoms with Gasteiger partial charge in [-0.15, -0.1) is 0 Å². The van der Waals surface area contributed by atoms with Gasteiger partial charge < -0.3 is 5.32 Å². The van der Waals surface area contributed by atoms with Crippen LogP contribution in [0.1, 0.15) is 22.4 Å². The largest absolute Gasteiger partial charge is 0.433 e. The number of aryl methyl sites for hydroxylation is 2. The van der Waals surface area contributed by atoms with Crippen molar-refractivity contribution in [1.29, 1.82) is 0 Å². The second kappa shape index (κ2) is 5.28. The van der Waals surface area contributed by atoms with Crippen molar-refractivity contribution in [3.63, 3.8) is 0 Å². The molecular weight excluding hydrogens is 267 g/mol. The first-order valence-electron chi connectivity index (χ1n) is 6.20. The van der Waals surface area contributed by atoms with Crippen LogP contribution in [-0.4, -0.2) is 16.8 Å². The molecule has 0 bridgehead atoms. The van der Waals surface area contributed by atoms with Gasteiger partial charge in [-0.3, -0.25) is 0 Å². The monoisotopic (exact) mass is 283 g/mol. The van der Waals surface area contributed by atoms with Crippen molar-refractivity contribution in [1.82, 2.24) is 15.1 Å². The van der Waals surface area contributed by atoms with Crippen molar-refractivity contribution in [2.75, 3.05) is 7.05 Å². The normalized spacial score (nSPS) is 11.9. The molecule has 0 amide bonds. The molecule has 6 heteroatoms.